The minimum Gasteiger partial charge on any atom is -0.479 e. The van der Waals surface area contributed by atoms with E-state index in [2.05, 4.69) is 22.9 Å². The van der Waals surface area contributed by atoms with E-state index in [0.29, 0.717) is 12.3 Å². The van der Waals surface area contributed by atoms with Crippen molar-refractivity contribution in [3.63, 3.8) is 0 Å². The van der Waals surface area contributed by atoms with Crippen LogP contribution >= 0.6 is 0 Å². The van der Waals surface area contributed by atoms with Gasteiger partial charge in [0.25, 0.3) is 5.91 Å². The van der Waals surface area contributed by atoms with E-state index in [9.17, 15) is 19.5 Å². The molecule has 0 radical (unpaired) electrons. The molecular weight excluding hydrogens is 436 g/mol. The van der Waals surface area contributed by atoms with E-state index < -0.39 is 30.1 Å². The number of aliphatic carboxylic acids is 1. The van der Waals surface area contributed by atoms with Gasteiger partial charge in [0.2, 0.25) is 0 Å². The zero-order valence-electron chi connectivity index (χ0n) is 18.7. The second kappa shape index (κ2) is 9.46. The highest BCUT2D eigenvalue weighted by atomic mass is 16.7. The van der Waals surface area contributed by atoms with Crippen molar-refractivity contribution in [2.75, 3.05) is 6.61 Å². The molecule has 0 saturated heterocycles. The molecule has 2 atom stereocenters. The van der Waals surface area contributed by atoms with Crippen molar-refractivity contribution in [1.29, 1.82) is 0 Å². The lowest BCUT2D eigenvalue weighted by Gasteiger charge is -2.20. The van der Waals surface area contributed by atoms with Crippen LogP contribution in [0.2, 0.25) is 0 Å². The second-order valence-corrected chi connectivity index (χ2v) is 9.38. The summed E-state index contributed by atoms with van der Waals surface area (Å²) in [6.45, 7) is 0.150. The maximum atomic E-state index is 12.7. The molecule has 2 unspecified atom stereocenters. The van der Waals surface area contributed by atoms with Crippen molar-refractivity contribution in [2.45, 2.75) is 50.2 Å². The molecule has 3 N–H and O–H groups in total. The fourth-order valence-electron chi connectivity index (χ4n) is 4.64. The Kier molecular flexibility index (Phi) is 6.24. The molecule has 2 fully saturated rings. The van der Waals surface area contributed by atoms with Crippen LogP contribution in [0.15, 0.2) is 48.5 Å². The second-order valence-electron chi connectivity index (χ2n) is 9.38. The van der Waals surface area contributed by atoms with Crippen LogP contribution in [0.1, 0.15) is 49.1 Å². The number of ether oxygens (including phenoxy) is 1. The van der Waals surface area contributed by atoms with E-state index in [1.807, 2.05) is 36.4 Å². The first kappa shape index (κ1) is 22.4. The van der Waals surface area contributed by atoms with Crippen LogP contribution in [0.25, 0.3) is 11.1 Å². The maximum Gasteiger partial charge on any atom is 0.407 e. The molecule has 8 nitrogen and oxygen atoms in total. The molecule has 8 heteroatoms. The molecule has 2 amide bonds. The van der Waals surface area contributed by atoms with E-state index in [-0.39, 0.29) is 18.4 Å². The standard InChI is InChI=1S/C26H28N2O6/c29-24(28-34-23(25(30)31)16-11-12-16)22(13-15-9-10-15)27-26(32)33-14-21-19-7-3-1-5-17(19)18-6-2-4-8-20(18)21/h1-8,15-16,21-23H,9-14H2,(H,27,32)(H,28,29)(H,30,31). The minimum absolute atomic E-state index is 0.0768. The number of carboxylic acid groups (broad SMARTS) is 1. The van der Waals surface area contributed by atoms with Crippen molar-refractivity contribution >= 4 is 18.0 Å². The highest BCUT2D eigenvalue weighted by Crippen LogP contribution is 2.44. The number of amides is 2. The first-order valence-electron chi connectivity index (χ1n) is 11.8. The molecule has 0 spiro atoms. The van der Waals surface area contributed by atoms with Crippen LogP contribution in [0.5, 0.6) is 0 Å². The fraction of sp³-hybridized carbons (Fsp3) is 0.423. The van der Waals surface area contributed by atoms with Gasteiger partial charge in [0.05, 0.1) is 0 Å². The minimum atomic E-state index is -1.11. The number of carboxylic acids is 1. The molecule has 178 valence electrons. The van der Waals surface area contributed by atoms with Gasteiger partial charge in [-0.15, -0.1) is 0 Å². The Balaban J connectivity index is 1.20. The molecule has 0 bridgehead atoms. The van der Waals surface area contributed by atoms with Gasteiger partial charge in [0, 0.05) is 5.92 Å². The summed E-state index contributed by atoms with van der Waals surface area (Å²) in [5, 5.41) is 11.9. The molecule has 0 heterocycles. The van der Waals surface area contributed by atoms with Crippen molar-refractivity contribution in [3.8, 4) is 11.1 Å². The van der Waals surface area contributed by atoms with Crippen molar-refractivity contribution < 1.29 is 29.1 Å². The Labute approximate surface area is 197 Å². The monoisotopic (exact) mass is 464 g/mol. The van der Waals surface area contributed by atoms with Crippen LogP contribution in [-0.2, 0) is 19.2 Å². The van der Waals surface area contributed by atoms with Gasteiger partial charge in [-0.2, -0.15) is 0 Å². The summed E-state index contributed by atoms with van der Waals surface area (Å²) in [4.78, 5) is 41.9. The van der Waals surface area contributed by atoms with Gasteiger partial charge in [-0.3, -0.25) is 9.63 Å². The molecule has 2 aromatic rings. The Bertz CT molecular complexity index is 1050. The fourth-order valence-corrected chi connectivity index (χ4v) is 4.64. The van der Waals surface area contributed by atoms with Gasteiger partial charge in [0.15, 0.2) is 6.10 Å². The number of carbonyl (C=O) groups excluding carboxylic acids is 2. The third-order valence-electron chi connectivity index (χ3n) is 6.80. The largest absolute Gasteiger partial charge is 0.479 e. The van der Waals surface area contributed by atoms with Gasteiger partial charge in [-0.25, -0.2) is 15.1 Å². The van der Waals surface area contributed by atoms with E-state index in [1.54, 1.807) is 0 Å². The summed E-state index contributed by atoms with van der Waals surface area (Å²) in [6.07, 6.45) is 2.22. The van der Waals surface area contributed by atoms with Crippen LogP contribution in [-0.4, -0.2) is 41.8 Å². The summed E-state index contributed by atoms with van der Waals surface area (Å²) in [6, 6.07) is 15.3. The van der Waals surface area contributed by atoms with E-state index in [4.69, 9.17) is 9.57 Å². The van der Waals surface area contributed by atoms with Crippen molar-refractivity contribution in [1.82, 2.24) is 10.8 Å². The SMILES string of the molecule is O=C(NC(CC1CC1)C(=O)NOC(C(=O)O)C1CC1)OCC1c2ccccc2-c2ccccc21. The number of hydrogen-bond donors (Lipinski definition) is 3. The molecule has 2 saturated carbocycles. The predicted molar refractivity (Wildman–Crippen MR) is 123 cm³/mol. The molecule has 2 aromatic carbocycles. The van der Waals surface area contributed by atoms with E-state index in [1.165, 1.54) is 0 Å². The van der Waals surface area contributed by atoms with Gasteiger partial charge in [0.1, 0.15) is 12.6 Å². The molecule has 3 aliphatic carbocycles. The first-order valence-corrected chi connectivity index (χ1v) is 11.8. The number of nitrogens with one attached hydrogen (secondary N) is 2. The van der Waals surface area contributed by atoms with Gasteiger partial charge in [-0.1, -0.05) is 61.4 Å². The Morgan fingerprint density at radius 1 is 0.941 bits per heavy atom. The summed E-state index contributed by atoms with van der Waals surface area (Å²) in [5.74, 6) is -1.48. The zero-order chi connectivity index (χ0) is 23.7. The molecular formula is C26H28N2O6. The Hall–Kier alpha value is -3.39. The number of hydroxylamine groups is 1. The highest BCUT2D eigenvalue weighted by molar-refractivity contribution is 5.85. The lowest BCUT2D eigenvalue weighted by Crippen LogP contribution is -2.49. The Morgan fingerprint density at radius 2 is 1.56 bits per heavy atom. The lowest BCUT2D eigenvalue weighted by atomic mass is 9.98. The van der Waals surface area contributed by atoms with Crippen LogP contribution in [0.3, 0.4) is 0 Å². The normalized spacial score (nSPS) is 18.4. The zero-order valence-corrected chi connectivity index (χ0v) is 18.7. The van der Waals surface area contributed by atoms with Crippen molar-refractivity contribution in [3.05, 3.63) is 59.7 Å². The molecule has 3 aliphatic rings. The van der Waals surface area contributed by atoms with E-state index in [0.717, 1.165) is 47.9 Å². The van der Waals surface area contributed by atoms with Gasteiger partial charge < -0.3 is 15.2 Å². The smallest absolute Gasteiger partial charge is 0.407 e. The van der Waals surface area contributed by atoms with Crippen LogP contribution in [0.4, 0.5) is 4.79 Å². The average Bonchev–Trinajstić information content (AvgIpc) is 3.76. The third kappa shape index (κ3) is 4.92. The maximum absolute atomic E-state index is 12.7. The van der Waals surface area contributed by atoms with E-state index >= 15 is 0 Å². The summed E-state index contributed by atoms with van der Waals surface area (Å²) < 4.78 is 5.57. The van der Waals surface area contributed by atoms with Crippen molar-refractivity contribution in [2.24, 2.45) is 11.8 Å². The van der Waals surface area contributed by atoms with Crippen LogP contribution in [0, 0.1) is 11.8 Å². The van der Waals surface area contributed by atoms with Crippen LogP contribution < -0.4 is 10.8 Å². The number of rotatable bonds is 10. The predicted octanol–water partition coefficient (Wildman–Crippen LogP) is 3.60. The Morgan fingerprint density at radius 3 is 2.12 bits per heavy atom. The van der Waals surface area contributed by atoms with Gasteiger partial charge >= 0.3 is 12.1 Å². The third-order valence-corrected chi connectivity index (χ3v) is 6.80. The molecule has 0 aromatic heterocycles. The molecule has 5 rings (SSSR count). The molecule has 0 aliphatic heterocycles. The highest BCUT2D eigenvalue weighted by Gasteiger charge is 2.39. The number of alkyl carbamates (subject to hydrolysis) is 1. The average molecular weight is 465 g/mol. The quantitative estimate of drug-likeness (QED) is 0.463. The van der Waals surface area contributed by atoms with Gasteiger partial charge in [-0.05, 0) is 53.4 Å². The number of fused-ring (bicyclic) bond motifs is 3. The number of hydrogen-bond acceptors (Lipinski definition) is 5. The molecule has 34 heavy (non-hydrogen) atoms. The number of benzene rings is 2. The summed E-state index contributed by atoms with van der Waals surface area (Å²) >= 11 is 0. The summed E-state index contributed by atoms with van der Waals surface area (Å²) in [5.41, 5.74) is 6.75. The number of carbonyl (C=O) groups is 3. The topological polar surface area (TPSA) is 114 Å². The lowest BCUT2D eigenvalue weighted by molar-refractivity contribution is -0.163. The first-order chi connectivity index (χ1) is 16.5. The summed E-state index contributed by atoms with van der Waals surface area (Å²) in [7, 11) is 0.